The van der Waals surface area contributed by atoms with Crippen LogP contribution in [0, 0.1) is 13.8 Å². The van der Waals surface area contributed by atoms with Crippen LogP contribution in [0.25, 0.3) is 10.2 Å². The largest absolute Gasteiger partial charge is 0.450 e. The maximum Gasteiger partial charge on any atom is 0.361 e. The third kappa shape index (κ3) is 2.73. The minimum atomic E-state index is -0.765. The summed E-state index contributed by atoms with van der Waals surface area (Å²) in [7, 11) is 0. The predicted molar refractivity (Wildman–Crippen MR) is 90.0 cm³/mol. The van der Waals surface area contributed by atoms with E-state index < -0.39 is 12.1 Å². The van der Waals surface area contributed by atoms with Crippen LogP contribution in [0.15, 0.2) is 17.2 Å². The van der Waals surface area contributed by atoms with Crippen LogP contribution in [0.3, 0.4) is 0 Å². The Morgan fingerprint density at radius 3 is 2.75 bits per heavy atom. The van der Waals surface area contributed by atoms with Crippen LogP contribution in [0.1, 0.15) is 39.8 Å². The Balaban J connectivity index is 1.92. The van der Waals surface area contributed by atoms with Gasteiger partial charge in [0.15, 0.2) is 23.4 Å². The van der Waals surface area contributed by atoms with E-state index >= 15 is 0 Å². The SMILES string of the molecule is Cc1sc2nc([C@H](C)OC(=O)c3nccnc3N)[nH]c(=O)c2c1C. The fraction of sp³-hybridized carbons (Fsp3) is 0.267. The van der Waals surface area contributed by atoms with E-state index in [1.165, 1.54) is 23.7 Å². The molecule has 3 rings (SSSR count). The number of nitrogen functional groups attached to an aromatic ring is 1. The molecule has 0 radical (unpaired) electrons. The van der Waals surface area contributed by atoms with Crippen molar-refractivity contribution in [2.45, 2.75) is 26.9 Å². The Morgan fingerprint density at radius 1 is 1.33 bits per heavy atom. The number of nitrogens with two attached hydrogens (primary N) is 1. The second kappa shape index (κ2) is 6.00. The molecule has 0 aliphatic heterocycles. The molecular formula is C15H15N5O3S. The maximum absolute atomic E-state index is 12.3. The first kappa shape index (κ1) is 16.1. The van der Waals surface area contributed by atoms with E-state index in [1.54, 1.807) is 6.92 Å². The molecule has 8 nitrogen and oxygen atoms in total. The molecule has 0 fully saturated rings. The number of carbonyl (C=O) groups excluding carboxylic acids is 1. The number of fused-ring (bicyclic) bond motifs is 1. The molecule has 3 N–H and O–H groups in total. The van der Waals surface area contributed by atoms with Gasteiger partial charge in [-0.05, 0) is 26.3 Å². The summed E-state index contributed by atoms with van der Waals surface area (Å²) in [6.45, 7) is 5.42. The molecule has 3 heterocycles. The summed E-state index contributed by atoms with van der Waals surface area (Å²) < 4.78 is 5.29. The lowest BCUT2D eigenvalue weighted by Crippen LogP contribution is -2.18. The van der Waals surface area contributed by atoms with E-state index in [4.69, 9.17) is 10.5 Å². The molecule has 9 heteroatoms. The molecule has 0 spiro atoms. The fourth-order valence-corrected chi connectivity index (χ4v) is 3.28. The molecule has 3 aromatic heterocycles. The molecule has 124 valence electrons. The summed E-state index contributed by atoms with van der Waals surface area (Å²) in [6, 6.07) is 0. The predicted octanol–water partition coefficient (Wildman–Crippen LogP) is 1.89. The van der Waals surface area contributed by atoms with E-state index in [-0.39, 0.29) is 22.9 Å². The Morgan fingerprint density at radius 2 is 2.04 bits per heavy atom. The fourth-order valence-electron chi connectivity index (χ4n) is 2.24. The quantitative estimate of drug-likeness (QED) is 0.695. The number of rotatable bonds is 3. The van der Waals surface area contributed by atoms with Crippen LogP contribution in [0.4, 0.5) is 5.82 Å². The lowest BCUT2D eigenvalue weighted by atomic mass is 10.2. The molecule has 0 saturated carbocycles. The van der Waals surface area contributed by atoms with Crippen molar-refractivity contribution in [2.75, 3.05) is 5.73 Å². The van der Waals surface area contributed by atoms with Crippen molar-refractivity contribution < 1.29 is 9.53 Å². The number of aromatic nitrogens is 4. The Labute approximate surface area is 140 Å². The Bertz CT molecular complexity index is 994. The number of anilines is 1. The summed E-state index contributed by atoms with van der Waals surface area (Å²) >= 11 is 1.43. The number of nitrogens with one attached hydrogen (secondary N) is 1. The monoisotopic (exact) mass is 345 g/mol. The van der Waals surface area contributed by atoms with Gasteiger partial charge < -0.3 is 15.5 Å². The van der Waals surface area contributed by atoms with Gasteiger partial charge in [0.25, 0.3) is 5.56 Å². The molecule has 0 aliphatic carbocycles. The van der Waals surface area contributed by atoms with Gasteiger partial charge in [-0.25, -0.2) is 19.7 Å². The van der Waals surface area contributed by atoms with Gasteiger partial charge in [-0.2, -0.15) is 0 Å². The van der Waals surface area contributed by atoms with Crippen LogP contribution in [-0.4, -0.2) is 25.9 Å². The zero-order valence-corrected chi connectivity index (χ0v) is 14.1. The number of nitrogens with zero attached hydrogens (tertiary/aromatic N) is 3. The van der Waals surface area contributed by atoms with Gasteiger partial charge in [0.05, 0.1) is 5.39 Å². The van der Waals surface area contributed by atoms with Crippen molar-refractivity contribution in [1.29, 1.82) is 0 Å². The van der Waals surface area contributed by atoms with Crippen LogP contribution in [-0.2, 0) is 4.74 Å². The number of H-pyrrole nitrogens is 1. The molecule has 24 heavy (non-hydrogen) atoms. The van der Waals surface area contributed by atoms with Crippen molar-refractivity contribution in [3.8, 4) is 0 Å². The number of carbonyl (C=O) groups is 1. The molecule has 3 aromatic rings. The van der Waals surface area contributed by atoms with Crippen molar-refractivity contribution in [3.05, 3.63) is 44.7 Å². The van der Waals surface area contributed by atoms with E-state index in [9.17, 15) is 9.59 Å². The van der Waals surface area contributed by atoms with Crippen LogP contribution < -0.4 is 11.3 Å². The second-order valence-electron chi connectivity index (χ2n) is 5.25. The highest BCUT2D eigenvalue weighted by Crippen LogP contribution is 2.27. The summed E-state index contributed by atoms with van der Waals surface area (Å²) in [6.07, 6.45) is 1.96. The molecule has 0 saturated heterocycles. The molecule has 0 amide bonds. The third-order valence-corrected chi connectivity index (χ3v) is 4.75. The summed E-state index contributed by atoms with van der Waals surface area (Å²) in [5, 5.41) is 0.568. The minimum absolute atomic E-state index is 0.0175. The van der Waals surface area contributed by atoms with Gasteiger partial charge >= 0.3 is 5.97 Å². The summed E-state index contributed by atoms with van der Waals surface area (Å²) in [4.78, 5) is 40.8. The van der Waals surface area contributed by atoms with Gasteiger partial charge in [0.2, 0.25) is 0 Å². The van der Waals surface area contributed by atoms with Crippen molar-refractivity contribution in [3.63, 3.8) is 0 Å². The number of esters is 1. The average Bonchev–Trinajstić information content (AvgIpc) is 2.82. The molecule has 0 bridgehead atoms. The van der Waals surface area contributed by atoms with Crippen molar-refractivity contribution in [2.24, 2.45) is 0 Å². The standard InChI is InChI=1S/C15H15N5O3S/c1-6-8(3)24-14-9(6)13(21)19-12(20-14)7(2)23-15(22)10-11(16)18-5-4-17-10/h4-5,7H,1-3H3,(H2,16,18)(H,19,20,21)/t7-/m0/s1. The highest BCUT2D eigenvalue weighted by Gasteiger charge is 2.21. The first-order valence-electron chi connectivity index (χ1n) is 7.16. The van der Waals surface area contributed by atoms with Gasteiger partial charge in [0, 0.05) is 17.3 Å². The lowest BCUT2D eigenvalue weighted by molar-refractivity contribution is 0.0314. The zero-order chi connectivity index (χ0) is 17.4. The number of aromatic amines is 1. The number of hydrogen-bond acceptors (Lipinski definition) is 8. The zero-order valence-electron chi connectivity index (χ0n) is 13.3. The minimum Gasteiger partial charge on any atom is -0.450 e. The first-order chi connectivity index (χ1) is 11.4. The van der Waals surface area contributed by atoms with Crippen LogP contribution in [0.5, 0.6) is 0 Å². The Hall–Kier alpha value is -2.81. The highest BCUT2D eigenvalue weighted by molar-refractivity contribution is 7.18. The number of hydrogen-bond donors (Lipinski definition) is 2. The summed E-state index contributed by atoms with van der Waals surface area (Å²) in [5.74, 6) is -0.477. The van der Waals surface area contributed by atoms with Gasteiger partial charge in [-0.3, -0.25) is 4.79 Å². The van der Waals surface area contributed by atoms with Gasteiger partial charge in [0.1, 0.15) is 4.83 Å². The van der Waals surface area contributed by atoms with Crippen LogP contribution >= 0.6 is 11.3 Å². The smallest absolute Gasteiger partial charge is 0.361 e. The average molecular weight is 345 g/mol. The van der Waals surface area contributed by atoms with Crippen LogP contribution in [0.2, 0.25) is 0 Å². The van der Waals surface area contributed by atoms with E-state index in [0.717, 1.165) is 10.4 Å². The van der Waals surface area contributed by atoms with E-state index in [1.807, 2.05) is 13.8 Å². The number of ether oxygens (including phenoxy) is 1. The lowest BCUT2D eigenvalue weighted by Gasteiger charge is -2.12. The normalized spacial score (nSPS) is 12.3. The van der Waals surface area contributed by atoms with E-state index in [0.29, 0.717) is 10.2 Å². The number of aryl methyl sites for hydroxylation is 2. The molecular weight excluding hydrogens is 330 g/mol. The Kier molecular flexibility index (Phi) is 4.02. The second-order valence-corrected chi connectivity index (χ2v) is 6.46. The summed E-state index contributed by atoms with van der Waals surface area (Å²) in [5.41, 5.74) is 6.19. The van der Waals surface area contributed by atoms with Crippen molar-refractivity contribution in [1.82, 2.24) is 19.9 Å². The maximum atomic E-state index is 12.3. The van der Waals surface area contributed by atoms with Gasteiger partial charge in [-0.1, -0.05) is 0 Å². The first-order valence-corrected chi connectivity index (χ1v) is 7.97. The molecule has 1 atom stereocenters. The molecule has 0 unspecified atom stereocenters. The number of thiophene rings is 1. The van der Waals surface area contributed by atoms with Crippen molar-refractivity contribution >= 4 is 33.3 Å². The molecule has 0 aromatic carbocycles. The highest BCUT2D eigenvalue weighted by atomic mass is 32.1. The van der Waals surface area contributed by atoms with E-state index in [2.05, 4.69) is 19.9 Å². The molecule has 0 aliphatic rings. The van der Waals surface area contributed by atoms with Gasteiger partial charge in [-0.15, -0.1) is 11.3 Å². The third-order valence-electron chi connectivity index (χ3n) is 3.65. The topological polar surface area (TPSA) is 124 Å².